The maximum atomic E-state index is 4.90. The van der Waals surface area contributed by atoms with Gasteiger partial charge in [0.25, 0.3) is 0 Å². The molecule has 0 radical (unpaired) electrons. The Balaban J connectivity index is 0. The third-order valence-electron chi connectivity index (χ3n) is 0.597. The number of nitrogens with one attached hydrogen (secondary N) is 1. The number of hydrogen-bond acceptors (Lipinski definition) is 2. The fourth-order valence-electron chi connectivity index (χ4n) is 0.326. The normalized spacial score (nSPS) is 7.78. The zero-order valence-electron chi connectivity index (χ0n) is 5.94. The van der Waals surface area contributed by atoms with Gasteiger partial charge in [0.1, 0.15) is 4.32 Å². The van der Waals surface area contributed by atoms with E-state index < -0.39 is 0 Å². The van der Waals surface area contributed by atoms with Crippen molar-refractivity contribution in [2.45, 2.75) is 13.8 Å². The van der Waals surface area contributed by atoms with Crippen LogP contribution in [0.3, 0.4) is 0 Å². The average Bonchev–Trinajstić information content (AvgIpc) is 1.68. The van der Waals surface area contributed by atoms with Gasteiger partial charge in [-0.05, 0) is 12.7 Å². The third kappa shape index (κ3) is 9.12. The van der Waals surface area contributed by atoms with Gasteiger partial charge in [-0.3, -0.25) is 0 Å². The van der Waals surface area contributed by atoms with Crippen LogP contribution in [0, 0.1) is 0 Å². The molecule has 0 aromatic carbocycles. The second kappa shape index (κ2) is 9.12. The van der Waals surface area contributed by atoms with Crippen molar-refractivity contribution >= 4 is 54.5 Å². The van der Waals surface area contributed by atoms with Crippen LogP contribution < -0.4 is 5.32 Å². The van der Waals surface area contributed by atoms with Crippen molar-refractivity contribution in [3.8, 4) is 0 Å². The van der Waals surface area contributed by atoms with Crippen molar-refractivity contribution in [2.75, 3.05) is 12.3 Å². The zero-order chi connectivity index (χ0) is 6.41. The molecule has 0 spiro atoms. The minimum absolute atomic E-state index is 0. The Hall–Kier alpha value is 1.12. The van der Waals surface area contributed by atoms with Crippen LogP contribution in [0.5, 0.6) is 0 Å². The number of thiocarbonyl (C=S) groups is 1. The first-order valence-electron chi connectivity index (χ1n) is 2.71. The van der Waals surface area contributed by atoms with E-state index in [4.69, 9.17) is 12.2 Å². The van der Waals surface area contributed by atoms with Gasteiger partial charge in [-0.25, -0.2) is 0 Å². The van der Waals surface area contributed by atoms with Crippen LogP contribution in [0.2, 0.25) is 0 Å². The van der Waals surface area contributed by atoms with Crippen molar-refractivity contribution in [3.63, 3.8) is 0 Å². The van der Waals surface area contributed by atoms with Crippen LogP contribution >= 0.6 is 24.0 Å². The van der Waals surface area contributed by atoms with Gasteiger partial charge in [0.05, 0.1) is 0 Å². The summed E-state index contributed by atoms with van der Waals surface area (Å²) in [7, 11) is 0. The predicted octanol–water partition coefficient (Wildman–Crippen LogP) is 0.450. The Morgan fingerprint density at radius 1 is 1.56 bits per heavy atom. The molecular formula is C5H14BiNS2. The van der Waals surface area contributed by atoms with Gasteiger partial charge in [-0.15, -0.1) is 0 Å². The molecule has 0 unspecified atom stereocenters. The summed E-state index contributed by atoms with van der Waals surface area (Å²) in [6.07, 6.45) is 0. The first-order chi connectivity index (χ1) is 3.81. The van der Waals surface area contributed by atoms with Crippen molar-refractivity contribution in [3.05, 3.63) is 0 Å². The second-order valence-corrected chi connectivity index (χ2v) is 3.19. The van der Waals surface area contributed by atoms with Crippen LogP contribution in [0.15, 0.2) is 0 Å². The number of hydrogen-bond donors (Lipinski definition) is 1. The molecule has 0 bridgehead atoms. The van der Waals surface area contributed by atoms with Crippen LogP contribution in [0.1, 0.15) is 13.8 Å². The number of thioether (sulfide) groups is 1. The van der Waals surface area contributed by atoms with E-state index in [1.165, 1.54) is 0 Å². The molecule has 0 aliphatic rings. The molecule has 0 heterocycles. The molecule has 9 heavy (non-hydrogen) atoms. The van der Waals surface area contributed by atoms with Crippen molar-refractivity contribution in [2.24, 2.45) is 0 Å². The van der Waals surface area contributed by atoms with Crippen molar-refractivity contribution < 1.29 is 0 Å². The molecule has 1 nitrogen and oxygen atoms in total. The summed E-state index contributed by atoms with van der Waals surface area (Å²) in [5.74, 6) is 1.06. The molecule has 0 fully saturated rings. The molecule has 0 atom stereocenters. The molecule has 4 heteroatoms. The molecule has 0 saturated heterocycles. The van der Waals surface area contributed by atoms with E-state index in [9.17, 15) is 0 Å². The van der Waals surface area contributed by atoms with E-state index in [1.807, 2.05) is 6.92 Å². The molecule has 0 aliphatic carbocycles. The van der Waals surface area contributed by atoms with Gasteiger partial charge in [0.15, 0.2) is 0 Å². The Bertz CT molecular complexity index is 69.4. The summed E-state index contributed by atoms with van der Waals surface area (Å²) < 4.78 is 0.912. The van der Waals surface area contributed by atoms with Crippen LogP contribution in [-0.4, -0.2) is 42.8 Å². The van der Waals surface area contributed by atoms with Crippen molar-refractivity contribution in [1.82, 2.24) is 5.32 Å². The average molecular weight is 361 g/mol. The van der Waals surface area contributed by atoms with Crippen molar-refractivity contribution in [1.29, 1.82) is 0 Å². The summed E-state index contributed by atoms with van der Waals surface area (Å²) in [4.78, 5) is 0. The summed E-state index contributed by atoms with van der Waals surface area (Å²) in [6, 6.07) is 0. The maximum absolute atomic E-state index is 4.90. The summed E-state index contributed by atoms with van der Waals surface area (Å²) >= 11 is 6.58. The van der Waals surface area contributed by atoms with Crippen LogP contribution in [0.25, 0.3) is 0 Å². The predicted molar refractivity (Wildman–Crippen MR) is 54.3 cm³/mol. The van der Waals surface area contributed by atoms with Crippen LogP contribution in [0.4, 0.5) is 0 Å². The molecule has 1 N–H and O–H groups in total. The first kappa shape index (κ1) is 12.8. The molecule has 0 aromatic rings. The quantitative estimate of drug-likeness (QED) is 0.567. The van der Waals surface area contributed by atoms with E-state index in [1.54, 1.807) is 11.8 Å². The van der Waals surface area contributed by atoms with E-state index in [-0.39, 0.29) is 26.2 Å². The zero-order valence-corrected chi connectivity index (χ0v) is 13.1. The fraction of sp³-hybridized carbons (Fsp3) is 0.800. The van der Waals surface area contributed by atoms with E-state index in [0.29, 0.717) is 0 Å². The van der Waals surface area contributed by atoms with E-state index in [0.717, 1.165) is 16.6 Å². The summed E-state index contributed by atoms with van der Waals surface area (Å²) in [5, 5.41) is 3.04. The Morgan fingerprint density at radius 2 is 2.11 bits per heavy atom. The van der Waals surface area contributed by atoms with Gasteiger partial charge in [-0.1, -0.05) is 30.9 Å². The number of rotatable bonds is 2. The fourth-order valence-corrected chi connectivity index (χ4v) is 1.33. The molecule has 0 amide bonds. The monoisotopic (exact) mass is 361 g/mol. The third-order valence-corrected chi connectivity index (χ3v) is 1.79. The topological polar surface area (TPSA) is 12.0 Å². The van der Waals surface area contributed by atoms with E-state index in [2.05, 4.69) is 12.2 Å². The van der Waals surface area contributed by atoms with Gasteiger partial charge in [0.2, 0.25) is 0 Å². The van der Waals surface area contributed by atoms with Gasteiger partial charge < -0.3 is 5.32 Å². The van der Waals surface area contributed by atoms with Crippen LogP contribution in [-0.2, 0) is 0 Å². The summed E-state index contributed by atoms with van der Waals surface area (Å²) in [5.41, 5.74) is 0. The van der Waals surface area contributed by atoms with Gasteiger partial charge >= 0.3 is 26.2 Å². The molecule has 0 rings (SSSR count). The molecule has 0 aromatic heterocycles. The molecular weight excluding hydrogens is 347 g/mol. The standard InChI is InChI=1S/C5H11NS2.Bi.3H/c1-3-6-5(7)8-4-2;;;;/h3-4H2,1-2H3,(H,6,7);;;;. The van der Waals surface area contributed by atoms with Gasteiger partial charge in [-0.2, -0.15) is 0 Å². The van der Waals surface area contributed by atoms with Gasteiger partial charge in [0, 0.05) is 6.54 Å². The first-order valence-corrected chi connectivity index (χ1v) is 4.11. The Labute approximate surface area is 85.5 Å². The van der Waals surface area contributed by atoms with E-state index >= 15 is 0 Å². The Morgan fingerprint density at radius 3 is 2.44 bits per heavy atom. The summed E-state index contributed by atoms with van der Waals surface area (Å²) in [6.45, 7) is 5.07. The second-order valence-electron chi connectivity index (χ2n) is 1.25. The molecule has 0 aliphatic heterocycles. The Kier molecular flexibility index (Phi) is 12.9. The SMILES string of the molecule is CCNC(=S)SCC.[BiH3]. The minimum atomic E-state index is 0. The molecule has 0 saturated carbocycles. The molecule has 56 valence electrons.